The zero-order chi connectivity index (χ0) is 17.3. The van der Waals surface area contributed by atoms with Crippen molar-refractivity contribution in [1.82, 2.24) is 4.57 Å². The highest BCUT2D eigenvalue weighted by molar-refractivity contribution is 6.33. The molecule has 1 amide bonds. The van der Waals surface area contributed by atoms with E-state index in [0.29, 0.717) is 16.5 Å². The van der Waals surface area contributed by atoms with Crippen molar-refractivity contribution in [1.29, 1.82) is 0 Å². The Hall–Kier alpha value is -1.74. The van der Waals surface area contributed by atoms with Gasteiger partial charge in [0.05, 0.1) is 5.56 Å². The van der Waals surface area contributed by atoms with Crippen LogP contribution in [0, 0.1) is 19.8 Å². The van der Waals surface area contributed by atoms with Crippen molar-refractivity contribution in [3.63, 3.8) is 0 Å². The second-order valence-electron chi connectivity index (χ2n) is 6.88. The Morgan fingerprint density at radius 3 is 2.46 bits per heavy atom. The quantitative estimate of drug-likeness (QED) is 0.823. The number of amides is 1. The molecular formula is C20H25ClN2O. The van der Waals surface area contributed by atoms with Crippen molar-refractivity contribution in [3.05, 3.63) is 46.2 Å². The van der Waals surface area contributed by atoms with Gasteiger partial charge in [-0.2, -0.15) is 0 Å². The molecule has 24 heavy (non-hydrogen) atoms. The molecule has 0 saturated heterocycles. The standard InChI is InChI=1S/C20H25ClN2O/c1-13-18(16-10-6-7-11-17(16)21)19(20(22)24)14(2)23(13)12-15-8-4-3-5-9-15/h6-7,10-11,15H,3-5,8-9,12H2,1-2H3,(H2,22,24). The van der Waals surface area contributed by atoms with Gasteiger partial charge >= 0.3 is 0 Å². The molecule has 1 saturated carbocycles. The van der Waals surface area contributed by atoms with Crippen molar-refractivity contribution in [2.45, 2.75) is 52.5 Å². The molecule has 1 heterocycles. The van der Waals surface area contributed by atoms with Gasteiger partial charge in [0.2, 0.25) is 0 Å². The summed E-state index contributed by atoms with van der Waals surface area (Å²) >= 11 is 6.40. The van der Waals surface area contributed by atoms with Crippen LogP contribution in [0.4, 0.5) is 0 Å². The van der Waals surface area contributed by atoms with Crippen LogP contribution >= 0.6 is 11.6 Å². The highest BCUT2D eigenvalue weighted by Gasteiger charge is 2.25. The lowest BCUT2D eigenvalue weighted by Gasteiger charge is -2.23. The number of halogens is 1. The van der Waals surface area contributed by atoms with Gasteiger partial charge in [-0.3, -0.25) is 4.79 Å². The number of hydrogen-bond donors (Lipinski definition) is 1. The zero-order valence-corrected chi connectivity index (χ0v) is 15.2. The molecule has 2 aromatic rings. The number of hydrogen-bond acceptors (Lipinski definition) is 1. The number of nitrogens with zero attached hydrogens (tertiary/aromatic N) is 1. The minimum absolute atomic E-state index is 0.382. The van der Waals surface area contributed by atoms with Gasteiger partial charge in [0.25, 0.3) is 5.91 Å². The van der Waals surface area contributed by atoms with Crippen LogP contribution in [0.25, 0.3) is 11.1 Å². The summed E-state index contributed by atoms with van der Waals surface area (Å²) < 4.78 is 2.27. The van der Waals surface area contributed by atoms with E-state index in [1.165, 1.54) is 32.1 Å². The van der Waals surface area contributed by atoms with Crippen LogP contribution in [0.5, 0.6) is 0 Å². The maximum Gasteiger partial charge on any atom is 0.251 e. The van der Waals surface area contributed by atoms with Crippen LogP contribution in [0.15, 0.2) is 24.3 Å². The van der Waals surface area contributed by atoms with Gasteiger partial charge < -0.3 is 10.3 Å². The maximum absolute atomic E-state index is 12.2. The Morgan fingerprint density at radius 1 is 1.17 bits per heavy atom. The third-order valence-corrected chi connectivity index (χ3v) is 5.67. The van der Waals surface area contributed by atoms with E-state index < -0.39 is 0 Å². The Bertz CT molecular complexity index is 757. The van der Waals surface area contributed by atoms with Gasteiger partial charge in [0, 0.05) is 34.1 Å². The number of rotatable bonds is 4. The van der Waals surface area contributed by atoms with Gasteiger partial charge in [0.1, 0.15) is 0 Å². The molecule has 4 heteroatoms. The van der Waals surface area contributed by atoms with Crippen LogP contribution in [0.1, 0.15) is 53.8 Å². The first-order chi connectivity index (χ1) is 11.5. The smallest absolute Gasteiger partial charge is 0.251 e. The van der Waals surface area contributed by atoms with E-state index in [1.807, 2.05) is 31.2 Å². The third-order valence-electron chi connectivity index (χ3n) is 5.34. The minimum atomic E-state index is -0.382. The fraction of sp³-hybridized carbons (Fsp3) is 0.450. The van der Waals surface area contributed by atoms with E-state index in [-0.39, 0.29) is 5.91 Å². The first-order valence-electron chi connectivity index (χ1n) is 8.75. The highest BCUT2D eigenvalue weighted by atomic mass is 35.5. The number of carbonyl (C=O) groups is 1. The zero-order valence-electron chi connectivity index (χ0n) is 14.4. The molecule has 3 rings (SSSR count). The Morgan fingerprint density at radius 2 is 1.83 bits per heavy atom. The number of nitrogens with two attached hydrogens (primary N) is 1. The first-order valence-corrected chi connectivity index (χ1v) is 9.13. The summed E-state index contributed by atoms with van der Waals surface area (Å²) in [5.74, 6) is 0.302. The third kappa shape index (κ3) is 3.10. The summed E-state index contributed by atoms with van der Waals surface area (Å²) in [6.07, 6.45) is 6.50. The van der Waals surface area contributed by atoms with Gasteiger partial charge in [-0.15, -0.1) is 0 Å². The van der Waals surface area contributed by atoms with Crippen molar-refractivity contribution < 1.29 is 4.79 Å². The molecule has 0 aliphatic heterocycles. The normalized spacial score (nSPS) is 15.6. The van der Waals surface area contributed by atoms with Crippen molar-refractivity contribution in [2.24, 2.45) is 11.7 Å². The monoisotopic (exact) mass is 344 g/mol. The number of carbonyl (C=O) groups excluding carboxylic acids is 1. The molecule has 0 radical (unpaired) electrons. The van der Waals surface area contributed by atoms with E-state index in [1.54, 1.807) is 0 Å². The molecule has 1 aliphatic carbocycles. The van der Waals surface area contributed by atoms with Crippen LogP contribution < -0.4 is 5.73 Å². The second kappa shape index (κ2) is 7.02. The molecular weight excluding hydrogens is 320 g/mol. The molecule has 3 nitrogen and oxygen atoms in total. The van der Waals surface area contributed by atoms with Crippen molar-refractivity contribution >= 4 is 17.5 Å². The average molecular weight is 345 g/mol. The maximum atomic E-state index is 12.2. The predicted octanol–water partition coefficient (Wildman–Crippen LogP) is 5.10. The summed E-state index contributed by atoms with van der Waals surface area (Å²) in [7, 11) is 0. The lowest BCUT2D eigenvalue weighted by Crippen LogP contribution is -2.17. The fourth-order valence-electron chi connectivity index (χ4n) is 4.08. The lowest BCUT2D eigenvalue weighted by atomic mass is 9.89. The summed E-state index contributed by atoms with van der Waals surface area (Å²) in [5.41, 5.74) is 10.1. The van der Waals surface area contributed by atoms with E-state index in [9.17, 15) is 4.79 Å². The minimum Gasteiger partial charge on any atom is -0.366 e. The largest absolute Gasteiger partial charge is 0.366 e. The topological polar surface area (TPSA) is 48.0 Å². The Kier molecular flexibility index (Phi) is 5.00. The van der Waals surface area contributed by atoms with Crippen LogP contribution in [0.3, 0.4) is 0 Å². The molecule has 1 fully saturated rings. The fourth-order valence-corrected chi connectivity index (χ4v) is 4.31. The van der Waals surface area contributed by atoms with Crippen molar-refractivity contribution in [2.75, 3.05) is 0 Å². The average Bonchev–Trinajstić information content (AvgIpc) is 2.81. The van der Waals surface area contributed by atoms with Gasteiger partial charge in [-0.1, -0.05) is 49.1 Å². The SMILES string of the molecule is Cc1c(C(N)=O)c(-c2ccccc2Cl)c(C)n1CC1CCCCC1. The molecule has 0 atom stereocenters. The van der Waals surface area contributed by atoms with E-state index in [0.717, 1.165) is 29.1 Å². The molecule has 128 valence electrons. The Balaban J connectivity index is 2.10. The number of aromatic nitrogens is 1. The Labute approximate surface area is 148 Å². The molecule has 2 N–H and O–H groups in total. The van der Waals surface area contributed by atoms with E-state index >= 15 is 0 Å². The van der Waals surface area contributed by atoms with Crippen LogP contribution in [-0.4, -0.2) is 10.5 Å². The number of primary amides is 1. The van der Waals surface area contributed by atoms with E-state index in [4.69, 9.17) is 17.3 Å². The molecule has 1 aliphatic rings. The van der Waals surface area contributed by atoms with Gasteiger partial charge in [-0.25, -0.2) is 0 Å². The lowest BCUT2D eigenvalue weighted by molar-refractivity contribution is 0.1000. The summed E-state index contributed by atoms with van der Waals surface area (Å²) in [6.45, 7) is 5.03. The highest BCUT2D eigenvalue weighted by Crippen LogP contribution is 2.37. The van der Waals surface area contributed by atoms with Gasteiger partial charge in [-0.05, 0) is 38.7 Å². The van der Waals surface area contributed by atoms with E-state index in [2.05, 4.69) is 11.5 Å². The molecule has 0 spiro atoms. The number of benzene rings is 1. The molecule has 1 aromatic heterocycles. The van der Waals surface area contributed by atoms with Gasteiger partial charge in [0.15, 0.2) is 0 Å². The molecule has 0 bridgehead atoms. The predicted molar refractivity (Wildman–Crippen MR) is 99.4 cm³/mol. The van der Waals surface area contributed by atoms with Crippen LogP contribution in [-0.2, 0) is 6.54 Å². The second-order valence-corrected chi connectivity index (χ2v) is 7.29. The molecule has 0 unspecified atom stereocenters. The first kappa shape index (κ1) is 17.1. The summed E-state index contributed by atoms with van der Waals surface area (Å²) in [5, 5.41) is 0.651. The summed E-state index contributed by atoms with van der Waals surface area (Å²) in [6, 6.07) is 7.66. The van der Waals surface area contributed by atoms with Crippen molar-refractivity contribution in [3.8, 4) is 11.1 Å². The summed E-state index contributed by atoms with van der Waals surface area (Å²) in [4.78, 5) is 12.2. The molecule has 1 aromatic carbocycles. The van der Waals surface area contributed by atoms with Crippen LogP contribution in [0.2, 0.25) is 5.02 Å².